The molecule has 2 aromatic rings. The highest BCUT2D eigenvalue weighted by Gasteiger charge is 2.31. The average Bonchev–Trinajstić information content (AvgIpc) is 3.06. The topological polar surface area (TPSA) is 139 Å². The van der Waals surface area contributed by atoms with Gasteiger partial charge < -0.3 is 18.9 Å². The first-order valence-electron chi connectivity index (χ1n) is 18.3. The SMILES string of the molecule is CCOC(=O)COc1c2cc(C(C)(C)C)cc1CC1=CC(=O)C=C(Cc3cc(C(C)(C)C)cc(c3OCC(=O)OCC)CC3=CC(=O)C=C(C2)C3=O)C1=O. The predicted octanol–water partition coefficient (Wildman–Crippen LogP) is 6.06. The molecule has 0 saturated carbocycles. The quantitative estimate of drug-likeness (QED) is 0.232. The van der Waals surface area contributed by atoms with E-state index in [0.717, 1.165) is 11.1 Å². The minimum Gasteiger partial charge on any atom is -0.481 e. The van der Waals surface area contributed by atoms with Gasteiger partial charge in [0.15, 0.2) is 36.3 Å². The number of fused-ring (bicyclic) bond motifs is 8. The van der Waals surface area contributed by atoms with Crippen molar-refractivity contribution < 1.29 is 47.7 Å². The van der Waals surface area contributed by atoms with Gasteiger partial charge in [0.2, 0.25) is 0 Å². The minimum absolute atomic E-state index is 0.0203. The number of Topliss-reactive ketones (excluding diaryl/α,β-unsaturated/α-hetero) is 2. The molecule has 3 aliphatic rings. The van der Waals surface area contributed by atoms with Crippen LogP contribution in [0.3, 0.4) is 0 Å². The standard InChI is InChI=1S/C44H48O10/c1-9-51-37(47)23-53-41-29-11-25-19-35(45)21-27(39(25)49)13-31-17-34(44(6,7)8)18-32(42(31)54-24-38(48)52-10-2)14-28-22-36(46)20-26(40(28)50)12-30(41)16-33(15-29)43(3,4)5/h15-22H,9-14,23-24H2,1-8H3. The lowest BCUT2D eigenvalue weighted by Gasteiger charge is -2.27. The number of hydrogen-bond donors (Lipinski definition) is 0. The van der Waals surface area contributed by atoms with Gasteiger partial charge in [-0.1, -0.05) is 65.8 Å². The molecule has 0 heterocycles. The van der Waals surface area contributed by atoms with Crippen molar-refractivity contribution in [2.75, 3.05) is 26.4 Å². The van der Waals surface area contributed by atoms with Gasteiger partial charge in [0.25, 0.3) is 0 Å². The van der Waals surface area contributed by atoms with Crippen LogP contribution in [0, 0.1) is 0 Å². The van der Waals surface area contributed by atoms with Crippen LogP contribution in [-0.4, -0.2) is 61.5 Å². The van der Waals surface area contributed by atoms with Gasteiger partial charge in [0.05, 0.1) is 13.2 Å². The van der Waals surface area contributed by atoms with E-state index in [-0.39, 0.29) is 95.8 Å². The molecule has 2 aromatic carbocycles. The minimum atomic E-state index is -0.602. The maximum absolute atomic E-state index is 14.4. The molecule has 0 N–H and O–H groups in total. The molecule has 0 aliphatic heterocycles. The second kappa shape index (κ2) is 15.9. The molecule has 0 radical (unpaired) electrons. The van der Waals surface area contributed by atoms with Gasteiger partial charge in [-0.15, -0.1) is 0 Å². The number of ether oxygens (including phenoxy) is 4. The third kappa shape index (κ3) is 9.21. The Kier molecular flexibility index (Phi) is 11.7. The first-order chi connectivity index (χ1) is 25.4. The molecule has 0 unspecified atom stereocenters. The number of carbonyl (C=O) groups excluding carboxylic acids is 6. The van der Waals surface area contributed by atoms with Crippen molar-refractivity contribution in [3.63, 3.8) is 0 Å². The highest BCUT2D eigenvalue weighted by molar-refractivity contribution is 6.21. The Morgan fingerprint density at radius 3 is 1.04 bits per heavy atom. The molecule has 0 saturated heterocycles. The van der Waals surface area contributed by atoms with Crippen molar-refractivity contribution >= 4 is 35.1 Å². The van der Waals surface area contributed by atoms with E-state index in [2.05, 4.69) is 0 Å². The Morgan fingerprint density at radius 1 is 0.519 bits per heavy atom. The molecule has 0 aromatic heterocycles. The largest absolute Gasteiger partial charge is 0.481 e. The smallest absolute Gasteiger partial charge is 0.344 e. The van der Waals surface area contributed by atoms with Crippen molar-refractivity contribution in [3.05, 3.63) is 104 Å². The zero-order chi connectivity index (χ0) is 39.5. The van der Waals surface area contributed by atoms with Crippen LogP contribution in [0.25, 0.3) is 0 Å². The zero-order valence-electron chi connectivity index (χ0n) is 32.4. The Labute approximate surface area is 316 Å². The molecule has 3 aliphatic carbocycles. The summed E-state index contributed by atoms with van der Waals surface area (Å²) in [5.41, 5.74) is 3.94. The van der Waals surface area contributed by atoms with Crippen molar-refractivity contribution in [2.24, 2.45) is 0 Å². The number of allylic oxidation sites excluding steroid dienone is 8. The maximum atomic E-state index is 14.4. The lowest BCUT2D eigenvalue weighted by molar-refractivity contribution is -0.146. The van der Waals surface area contributed by atoms with Gasteiger partial charge in [0.1, 0.15) is 11.5 Å². The van der Waals surface area contributed by atoms with Crippen LogP contribution in [0.1, 0.15) is 88.8 Å². The summed E-state index contributed by atoms with van der Waals surface area (Å²) in [6, 6.07) is 7.55. The highest BCUT2D eigenvalue weighted by atomic mass is 16.6. The van der Waals surface area contributed by atoms with Crippen LogP contribution in [0.5, 0.6) is 11.5 Å². The van der Waals surface area contributed by atoms with E-state index in [1.54, 1.807) is 13.8 Å². The molecule has 0 spiro atoms. The number of ketones is 4. The molecular weight excluding hydrogens is 688 g/mol. The number of hydrogen-bond acceptors (Lipinski definition) is 10. The molecular formula is C44H48O10. The van der Waals surface area contributed by atoms with E-state index in [4.69, 9.17) is 18.9 Å². The summed E-state index contributed by atoms with van der Waals surface area (Å²) in [7, 11) is 0. The summed E-state index contributed by atoms with van der Waals surface area (Å²) in [5, 5.41) is 0. The molecule has 10 heteroatoms. The number of carbonyl (C=O) groups is 6. The summed E-state index contributed by atoms with van der Waals surface area (Å²) < 4.78 is 22.5. The number of esters is 2. The molecule has 10 nitrogen and oxygen atoms in total. The summed E-state index contributed by atoms with van der Waals surface area (Å²) in [5.74, 6) is -2.08. The van der Waals surface area contributed by atoms with Crippen LogP contribution >= 0.6 is 0 Å². The second-order valence-corrected chi connectivity index (χ2v) is 15.8. The average molecular weight is 737 g/mol. The Bertz CT molecular complexity index is 1810. The summed E-state index contributed by atoms with van der Waals surface area (Å²) >= 11 is 0. The van der Waals surface area contributed by atoms with Crippen LogP contribution < -0.4 is 9.47 Å². The first kappa shape index (κ1) is 39.8. The number of rotatable bonds is 8. The summed E-state index contributed by atoms with van der Waals surface area (Å²) in [4.78, 5) is 80.5. The highest BCUT2D eigenvalue weighted by Crippen LogP contribution is 2.39. The molecule has 8 bridgehead atoms. The molecule has 284 valence electrons. The van der Waals surface area contributed by atoms with Crippen molar-refractivity contribution in [1.29, 1.82) is 0 Å². The van der Waals surface area contributed by atoms with E-state index in [1.807, 2.05) is 65.8 Å². The van der Waals surface area contributed by atoms with Gasteiger partial charge in [-0.05, 0) is 82.4 Å². The Morgan fingerprint density at radius 2 is 0.796 bits per heavy atom. The van der Waals surface area contributed by atoms with Gasteiger partial charge in [-0.2, -0.15) is 0 Å². The van der Waals surface area contributed by atoms with E-state index in [0.29, 0.717) is 22.3 Å². The third-order valence-electron chi connectivity index (χ3n) is 9.45. The van der Waals surface area contributed by atoms with Crippen molar-refractivity contribution in [1.82, 2.24) is 0 Å². The van der Waals surface area contributed by atoms with Gasteiger partial charge in [-0.25, -0.2) is 9.59 Å². The van der Waals surface area contributed by atoms with Gasteiger partial charge >= 0.3 is 11.9 Å². The first-order valence-corrected chi connectivity index (χ1v) is 18.3. The van der Waals surface area contributed by atoms with Crippen LogP contribution in [0.2, 0.25) is 0 Å². The van der Waals surface area contributed by atoms with Crippen LogP contribution in [-0.2, 0) is 74.8 Å². The van der Waals surface area contributed by atoms with E-state index < -0.39 is 36.0 Å². The Hall–Kier alpha value is -5.38. The molecule has 5 rings (SSSR count). The van der Waals surface area contributed by atoms with E-state index in [9.17, 15) is 28.8 Å². The van der Waals surface area contributed by atoms with Crippen molar-refractivity contribution in [3.8, 4) is 11.5 Å². The normalized spacial score (nSPS) is 16.1. The van der Waals surface area contributed by atoms with Gasteiger partial charge in [-0.3, -0.25) is 19.2 Å². The fourth-order valence-electron chi connectivity index (χ4n) is 6.73. The lowest BCUT2D eigenvalue weighted by atomic mass is 9.79. The molecule has 0 fully saturated rings. The van der Waals surface area contributed by atoms with Crippen LogP contribution in [0.15, 0.2) is 70.9 Å². The fourth-order valence-corrected chi connectivity index (χ4v) is 6.73. The monoisotopic (exact) mass is 736 g/mol. The third-order valence-corrected chi connectivity index (χ3v) is 9.45. The molecule has 0 atom stereocenters. The maximum Gasteiger partial charge on any atom is 0.344 e. The second-order valence-electron chi connectivity index (χ2n) is 15.8. The molecule has 54 heavy (non-hydrogen) atoms. The fraction of sp³-hybridized carbons (Fsp3) is 0.409. The summed E-state index contributed by atoms with van der Waals surface area (Å²) in [6.07, 6.45) is 5.16. The zero-order valence-corrected chi connectivity index (χ0v) is 32.4. The predicted molar refractivity (Wildman–Crippen MR) is 202 cm³/mol. The summed E-state index contributed by atoms with van der Waals surface area (Å²) in [6.45, 7) is 14.9. The van der Waals surface area contributed by atoms with Gasteiger partial charge in [0, 0.05) is 48.0 Å². The van der Waals surface area contributed by atoms with E-state index in [1.165, 1.54) is 24.3 Å². The van der Waals surface area contributed by atoms with Crippen molar-refractivity contribution in [2.45, 2.75) is 91.9 Å². The molecule has 0 amide bonds. The number of benzene rings is 2. The lowest BCUT2D eigenvalue weighted by Crippen LogP contribution is -2.23. The van der Waals surface area contributed by atoms with E-state index >= 15 is 0 Å². The van der Waals surface area contributed by atoms with Crippen LogP contribution in [0.4, 0.5) is 0 Å². The Balaban J connectivity index is 1.75.